The first-order valence-corrected chi connectivity index (χ1v) is 6.60. The van der Waals surface area contributed by atoms with Crippen molar-refractivity contribution in [2.75, 3.05) is 7.05 Å². The third kappa shape index (κ3) is 3.43. The van der Waals surface area contributed by atoms with Crippen LogP contribution in [0, 0.1) is 0 Å². The smallest absolute Gasteiger partial charge is 0.0525 e. The molecule has 2 atom stereocenters. The molecule has 0 amide bonds. The summed E-state index contributed by atoms with van der Waals surface area (Å²) in [6, 6.07) is 0. The first-order valence-electron chi connectivity index (χ1n) is 6.60. The summed E-state index contributed by atoms with van der Waals surface area (Å²) in [6.45, 7) is 4.14. The van der Waals surface area contributed by atoms with Gasteiger partial charge in [-0.15, -0.1) is 0 Å². The third-order valence-electron chi connectivity index (χ3n) is 3.55. The highest BCUT2D eigenvalue weighted by Gasteiger charge is 2.16. The van der Waals surface area contributed by atoms with Gasteiger partial charge in [0.2, 0.25) is 0 Å². The van der Waals surface area contributed by atoms with Gasteiger partial charge in [0.25, 0.3) is 0 Å². The molecule has 0 bridgehead atoms. The number of hydrogen-bond acceptors (Lipinski definition) is 2. The Morgan fingerprint density at radius 3 is 2.11 bits per heavy atom. The fraction of sp³-hybridized carbons (Fsp3) is 0.294. The van der Waals surface area contributed by atoms with Crippen LogP contribution in [0.25, 0.3) is 0 Å². The lowest BCUT2D eigenvalue weighted by molar-refractivity contribution is 0.589. The van der Waals surface area contributed by atoms with Crippen LogP contribution in [-0.2, 0) is 0 Å². The molecular formula is C17H22N2. The fourth-order valence-corrected chi connectivity index (χ4v) is 2.02. The molecule has 2 aliphatic carbocycles. The number of likely N-dealkylation sites (N-methyl/N-ethyl adjacent to an activating group) is 1. The number of allylic oxidation sites excluding steroid dienone is 8. The van der Waals surface area contributed by atoms with E-state index in [4.69, 9.17) is 5.73 Å². The van der Waals surface area contributed by atoms with Crippen molar-refractivity contribution in [3.63, 3.8) is 0 Å². The molecule has 0 radical (unpaired) electrons. The molecular weight excluding hydrogens is 232 g/mol. The van der Waals surface area contributed by atoms with Crippen molar-refractivity contribution in [1.82, 2.24) is 5.32 Å². The molecule has 0 aromatic rings. The number of nitrogens with one attached hydrogen (secondary N) is 1. The van der Waals surface area contributed by atoms with Crippen molar-refractivity contribution in [3.05, 3.63) is 71.9 Å². The second kappa shape index (κ2) is 5.16. The highest BCUT2D eigenvalue weighted by Crippen LogP contribution is 2.22. The molecule has 0 aromatic heterocycles. The van der Waals surface area contributed by atoms with Crippen molar-refractivity contribution in [2.45, 2.75) is 24.9 Å². The summed E-state index contributed by atoms with van der Waals surface area (Å²) in [5, 5.41) is 3.29. The lowest BCUT2D eigenvalue weighted by atomic mass is 9.99. The Labute approximate surface area is 115 Å². The molecule has 100 valence electrons. The average Bonchev–Trinajstić information content (AvgIpc) is 2.66. The fourth-order valence-electron chi connectivity index (χ4n) is 2.02. The van der Waals surface area contributed by atoms with Crippen LogP contribution in [0.3, 0.4) is 0 Å². The van der Waals surface area contributed by atoms with Crippen LogP contribution in [-0.4, -0.2) is 18.1 Å². The molecule has 19 heavy (non-hydrogen) atoms. The SMILES string of the molecule is CNC1(C)C=CC=C(C2=CC=CC(C)(N)C=C2)C=C1. The molecule has 2 aliphatic rings. The minimum Gasteiger partial charge on any atom is -0.319 e. The molecule has 0 saturated carbocycles. The Kier molecular flexibility index (Phi) is 3.74. The highest BCUT2D eigenvalue weighted by molar-refractivity contribution is 5.53. The Bertz CT molecular complexity index is 527. The van der Waals surface area contributed by atoms with Gasteiger partial charge >= 0.3 is 0 Å². The Balaban J connectivity index is 2.28. The van der Waals surface area contributed by atoms with Crippen LogP contribution in [0.2, 0.25) is 0 Å². The van der Waals surface area contributed by atoms with E-state index in [0.717, 1.165) is 0 Å². The van der Waals surface area contributed by atoms with Crippen LogP contribution in [0.4, 0.5) is 0 Å². The van der Waals surface area contributed by atoms with Gasteiger partial charge in [0.05, 0.1) is 11.1 Å². The standard InChI is InChI=1S/C17H22N2/c1-16(18)10-4-6-14(8-12-16)15-7-5-11-17(2,19-3)13-9-15/h4-13,19H,18H2,1-3H3. The zero-order valence-electron chi connectivity index (χ0n) is 11.9. The normalized spacial score (nSPS) is 33.7. The topological polar surface area (TPSA) is 38.0 Å². The Morgan fingerprint density at radius 2 is 1.47 bits per heavy atom. The predicted molar refractivity (Wildman–Crippen MR) is 82.8 cm³/mol. The van der Waals surface area contributed by atoms with E-state index in [1.165, 1.54) is 11.1 Å². The van der Waals surface area contributed by atoms with Gasteiger partial charge in [-0.2, -0.15) is 0 Å². The van der Waals surface area contributed by atoms with Crippen molar-refractivity contribution in [2.24, 2.45) is 5.73 Å². The van der Waals surface area contributed by atoms with Crippen LogP contribution < -0.4 is 11.1 Å². The number of rotatable bonds is 2. The minimum absolute atomic E-state index is 0.0918. The van der Waals surface area contributed by atoms with E-state index in [1.807, 2.05) is 32.2 Å². The third-order valence-corrected chi connectivity index (χ3v) is 3.55. The first-order chi connectivity index (χ1) is 8.94. The van der Waals surface area contributed by atoms with E-state index < -0.39 is 0 Å². The van der Waals surface area contributed by atoms with Gasteiger partial charge < -0.3 is 11.1 Å². The summed E-state index contributed by atoms with van der Waals surface area (Å²) < 4.78 is 0. The van der Waals surface area contributed by atoms with Gasteiger partial charge in [0, 0.05) is 0 Å². The Morgan fingerprint density at radius 1 is 0.895 bits per heavy atom. The van der Waals surface area contributed by atoms with Crippen molar-refractivity contribution < 1.29 is 0 Å². The number of hydrogen-bond donors (Lipinski definition) is 2. The maximum absolute atomic E-state index is 6.10. The van der Waals surface area contributed by atoms with Gasteiger partial charge in [-0.05, 0) is 32.0 Å². The molecule has 0 spiro atoms. The molecule has 0 heterocycles. The second-order valence-electron chi connectivity index (χ2n) is 5.53. The van der Waals surface area contributed by atoms with E-state index in [9.17, 15) is 0 Å². The van der Waals surface area contributed by atoms with Gasteiger partial charge in [-0.1, -0.05) is 60.8 Å². The van der Waals surface area contributed by atoms with Crippen molar-refractivity contribution >= 4 is 0 Å². The Hall–Kier alpha value is -1.64. The molecule has 2 nitrogen and oxygen atoms in total. The molecule has 3 N–H and O–H groups in total. The summed E-state index contributed by atoms with van der Waals surface area (Å²) in [4.78, 5) is 0. The van der Waals surface area contributed by atoms with Crippen LogP contribution in [0.15, 0.2) is 71.9 Å². The van der Waals surface area contributed by atoms with E-state index in [2.05, 4.69) is 54.8 Å². The lowest BCUT2D eigenvalue weighted by Gasteiger charge is -2.20. The van der Waals surface area contributed by atoms with E-state index in [1.54, 1.807) is 0 Å². The molecule has 2 heteroatoms. The summed E-state index contributed by atoms with van der Waals surface area (Å²) in [5.41, 5.74) is 7.99. The van der Waals surface area contributed by atoms with E-state index in [0.29, 0.717) is 0 Å². The molecule has 0 aromatic carbocycles. The molecule has 0 fully saturated rings. The van der Waals surface area contributed by atoms with Crippen molar-refractivity contribution in [1.29, 1.82) is 0 Å². The van der Waals surface area contributed by atoms with Gasteiger partial charge in [-0.3, -0.25) is 0 Å². The molecule has 0 saturated heterocycles. The summed E-state index contributed by atoms with van der Waals surface area (Å²) >= 11 is 0. The van der Waals surface area contributed by atoms with E-state index in [-0.39, 0.29) is 11.1 Å². The second-order valence-corrected chi connectivity index (χ2v) is 5.53. The van der Waals surface area contributed by atoms with Gasteiger partial charge in [0.15, 0.2) is 0 Å². The maximum Gasteiger partial charge on any atom is 0.0525 e. The number of nitrogens with two attached hydrogens (primary N) is 1. The quantitative estimate of drug-likeness (QED) is 0.795. The van der Waals surface area contributed by atoms with Crippen LogP contribution in [0.1, 0.15) is 13.8 Å². The molecule has 2 unspecified atom stereocenters. The zero-order valence-corrected chi connectivity index (χ0v) is 11.9. The highest BCUT2D eigenvalue weighted by atomic mass is 14.9. The lowest BCUT2D eigenvalue weighted by Crippen LogP contribution is -2.34. The maximum atomic E-state index is 6.10. The molecule has 0 aliphatic heterocycles. The van der Waals surface area contributed by atoms with Crippen molar-refractivity contribution in [3.8, 4) is 0 Å². The zero-order chi connectivity index (χ0) is 13.9. The van der Waals surface area contributed by atoms with Gasteiger partial charge in [0.1, 0.15) is 0 Å². The van der Waals surface area contributed by atoms with E-state index >= 15 is 0 Å². The minimum atomic E-state index is -0.372. The summed E-state index contributed by atoms with van der Waals surface area (Å²) in [5.74, 6) is 0. The van der Waals surface area contributed by atoms with Crippen LogP contribution >= 0.6 is 0 Å². The molecule has 2 rings (SSSR count). The largest absolute Gasteiger partial charge is 0.319 e. The summed E-state index contributed by atoms with van der Waals surface area (Å²) in [7, 11) is 1.97. The summed E-state index contributed by atoms with van der Waals surface area (Å²) in [6.07, 6.45) is 20.9. The average molecular weight is 254 g/mol. The monoisotopic (exact) mass is 254 g/mol. The first kappa shape index (κ1) is 13.8. The van der Waals surface area contributed by atoms with Gasteiger partial charge in [-0.25, -0.2) is 0 Å². The van der Waals surface area contributed by atoms with Crippen LogP contribution in [0.5, 0.6) is 0 Å². The predicted octanol–water partition coefficient (Wildman–Crippen LogP) is 2.79.